The monoisotopic (exact) mass is 168 g/mol. The van der Waals surface area contributed by atoms with Crippen molar-refractivity contribution in [2.75, 3.05) is 5.88 Å². The van der Waals surface area contributed by atoms with Crippen LogP contribution in [0.3, 0.4) is 0 Å². The van der Waals surface area contributed by atoms with Gasteiger partial charge in [0, 0.05) is 0 Å². The Bertz CT molecular complexity index is 286. The molecule has 0 amide bonds. The molecule has 1 N–H and O–H groups in total. The minimum absolute atomic E-state index is 0.0291. The molecule has 4 heteroatoms. The number of aromatic nitrogens is 2. The van der Waals surface area contributed by atoms with Gasteiger partial charge in [0.1, 0.15) is 0 Å². The molecule has 0 aliphatic heterocycles. The molecule has 11 heavy (non-hydrogen) atoms. The highest BCUT2D eigenvalue weighted by molar-refractivity contribution is 6.19. The third-order valence-corrected chi connectivity index (χ3v) is 1.04. The van der Waals surface area contributed by atoms with Gasteiger partial charge in [0.15, 0.2) is 5.75 Å². The van der Waals surface area contributed by atoms with Gasteiger partial charge in [-0.1, -0.05) is 5.92 Å². The van der Waals surface area contributed by atoms with E-state index in [1.54, 1.807) is 0 Å². The van der Waals surface area contributed by atoms with Gasteiger partial charge in [-0.2, -0.15) is 0 Å². The summed E-state index contributed by atoms with van der Waals surface area (Å²) in [6.45, 7) is 0. The molecular weight excluding hydrogens is 164 g/mol. The Morgan fingerprint density at radius 1 is 1.45 bits per heavy atom. The summed E-state index contributed by atoms with van der Waals surface area (Å²) < 4.78 is 0. The fourth-order valence-electron chi connectivity index (χ4n) is 0.498. The van der Waals surface area contributed by atoms with E-state index in [2.05, 4.69) is 21.8 Å². The maximum absolute atomic E-state index is 8.78. The second-order valence-corrected chi connectivity index (χ2v) is 1.97. The van der Waals surface area contributed by atoms with Gasteiger partial charge in [-0.15, -0.1) is 11.6 Å². The van der Waals surface area contributed by atoms with E-state index in [4.69, 9.17) is 16.7 Å². The van der Waals surface area contributed by atoms with Crippen LogP contribution in [-0.4, -0.2) is 21.0 Å². The minimum Gasteiger partial charge on any atom is -0.505 e. The molecule has 0 radical (unpaired) electrons. The summed E-state index contributed by atoms with van der Waals surface area (Å²) in [6, 6.07) is 0. The number of nitrogens with zero attached hydrogens (tertiary/aromatic N) is 2. The molecule has 56 valence electrons. The zero-order chi connectivity index (χ0) is 8.10. The van der Waals surface area contributed by atoms with Crippen LogP contribution in [0, 0.1) is 11.8 Å². The number of hydrogen-bond acceptors (Lipinski definition) is 3. The molecule has 0 aliphatic carbocycles. The second-order valence-electron chi connectivity index (χ2n) is 1.70. The summed E-state index contributed by atoms with van der Waals surface area (Å²) in [7, 11) is 0. The van der Waals surface area contributed by atoms with Crippen molar-refractivity contribution in [1.29, 1.82) is 0 Å². The Morgan fingerprint density at radius 3 is 2.64 bits per heavy atom. The zero-order valence-corrected chi connectivity index (χ0v) is 6.34. The molecule has 0 fully saturated rings. The topological polar surface area (TPSA) is 46.0 Å². The van der Waals surface area contributed by atoms with Gasteiger partial charge in [0.2, 0.25) is 5.82 Å². The van der Waals surface area contributed by atoms with Crippen LogP contribution >= 0.6 is 11.6 Å². The Labute approximate surface area is 69.1 Å². The molecule has 0 atom stereocenters. The highest BCUT2D eigenvalue weighted by Gasteiger charge is 1.89. The number of halogens is 1. The standard InChI is InChI=1S/C7H5ClN2O/c8-3-1-2-7-9-4-6(11)5-10-7/h4-5,11H,3H2. The molecule has 0 spiro atoms. The molecule has 0 saturated carbocycles. The van der Waals surface area contributed by atoms with Crippen LogP contribution in [0.2, 0.25) is 0 Å². The SMILES string of the molecule is Oc1cnc(C#CCCl)nc1. The molecule has 0 bridgehead atoms. The van der Waals surface area contributed by atoms with Crippen LogP contribution in [0.5, 0.6) is 5.75 Å². The molecule has 1 aromatic rings. The molecule has 0 aliphatic rings. The van der Waals surface area contributed by atoms with E-state index in [1.165, 1.54) is 12.4 Å². The van der Waals surface area contributed by atoms with Gasteiger partial charge in [0.25, 0.3) is 0 Å². The van der Waals surface area contributed by atoms with Crippen LogP contribution in [0.25, 0.3) is 0 Å². The average Bonchev–Trinajstić information content (AvgIpc) is 2.04. The van der Waals surface area contributed by atoms with Crippen LogP contribution in [0.1, 0.15) is 5.82 Å². The number of hydrogen-bond donors (Lipinski definition) is 1. The average molecular weight is 169 g/mol. The summed E-state index contributed by atoms with van der Waals surface area (Å²) in [5, 5.41) is 8.78. The Hall–Kier alpha value is -1.27. The molecular formula is C7H5ClN2O. The Balaban J connectivity index is 2.82. The normalized spacial score (nSPS) is 8.45. The third kappa shape index (κ3) is 2.44. The van der Waals surface area contributed by atoms with Crippen LogP contribution in [0.4, 0.5) is 0 Å². The summed E-state index contributed by atoms with van der Waals surface area (Å²) in [6.07, 6.45) is 2.57. The first kappa shape index (κ1) is 7.83. The lowest BCUT2D eigenvalue weighted by Crippen LogP contribution is -1.85. The van der Waals surface area contributed by atoms with Crippen LogP contribution in [0.15, 0.2) is 12.4 Å². The van der Waals surface area contributed by atoms with Crippen LogP contribution < -0.4 is 0 Å². The van der Waals surface area contributed by atoms with E-state index in [1.807, 2.05) is 0 Å². The second kappa shape index (κ2) is 3.79. The van der Waals surface area contributed by atoms with Crippen molar-refractivity contribution in [3.05, 3.63) is 18.2 Å². The molecule has 3 nitrogen and oxygen atoms in total. The molecule has 1 heterocycles. The highest BCUT2D eigenvalue weighted by atomic mass is 35.5. The lowest BCUT2D eigenvalue weighted by molar-refractivity contribution is 0.469. The minimum atomic E-state index is 0.0291. The Kier molecular flexibility index (Phi) is 2.70. The van der Waals surface area contributed by atoms with E-state index < -0.39 is 0 Å². The van der Waals surface area contributed by atoms with Gasteiger partial charge in [-0.25, -0.2) is 9.97 Å². The number of alkyl halides is 1. The maximum Gasteiger partial charge on any atom is 0.205 e. The van der Waals surface area contributed by atoms with Gasteiger partial charge < -0.3 is 5.11 Å². The predicted molar refractivity (Wildman–Crippen MR) is 41.3 cm³/mol. The number of aromatic hydroxyl groups is 1. The first-order valence-electron chi connectivity index (χ1n) is 2.89. The zero-order valence-electron chi connectivity index (χ0n) is 5.58. The van der Waals surface area contributed by atoms with Gasteiger partial charge in [-0.3, -0.25) is 0 Å². The first-order valence-corrected chi connectivity index (χ1v) is 3.42. The Morgan fingerprint density at radius 2 is 2.09 bits per heavy atom. The highest BCUT2D eigenvalue weighted by Crippen LogP contribution is 2.00. The summed E-state index contributed by atoms with van der Waals surface area (Å²) in [4.78, 5) is 7.44. The number of rotatable bonds is 0. The van der Waals surface area contributed by atoms with Crippen molar-refractivity contribution < 1.29 is 5.11 Å². The smallest absolute Gasteiger partial charge is 0.205 e. The van der Waals surface area contributed by atoms with Gasteiger partial charge >= 0.3 is 0 Å². The molecule has 0 unspecified atom stereocenters. The van der Waals surface area contributed by atoms with Crippen LogP contribution in [-0.2, 0) is 0 Å². The van der Waals surface area contributed by atoms with Crippen molar-refractivity contribution in [2.45, 2.75) is 0 Å². The van der Waals surface area contributed by atoms with E-state index in [0.717, 1.165) is 0 Å². The molecule has 1 rings (SSSR count). The predicted octanol–water partition coefficient (Wildman–Crippen LogP) is 0.772. The van der Waals surface area contributed by atoms with E-state index in [9.17, 15) is 0 Å². The van der Waals surface area contributed by atoms with Crippen molar-refractivity contribution in [2.24, 2.45) is 0 Å². The molecule has 0 aromatic carbocycles. The van der Waals surface area contributed by atoms with E-state index >= 15 is 0 Å². The maximum atomic E-state index is 8.78. The molecule has 1 aromatic heterocycles. The fourth-order valence-corrected chi connectivity index (χ4v) is 0.565. The van der Waals surface area contributed by atoms with Crippen molar-refractivity contribution in [3.8, 4) is 17.6 Å². The fraction of sp³-hybridized carbons (Fsp3) is 0.143. The van der Waals surface area contributed by atoms with E-state index in [0.29, 0.717) is 5.82 Å². The van der Waals surface area contributed by atoms with Crippen molar-refractivity contribution in [1.82, 2.24) is 9.97 Å². The first-order chi connectivity index (χ1) is 5.33. The lowest BCUT2D eigenvalue weighted by Gasteiger charge is -1.88. The van der Waals surface area contributed by atoms with Gasteiger partial charge in [0.05, 0.1) is 18.3 Å². The lowest BCUT2D eigenvalue weighted by atomic mass is 10.5. The van der Waals surface area contributed by atoms with Crippen molar-refractivity contribution in [3.63, 3.8) is 0 Å². The summed E-state index contributed by atoms with van der Waals surface area (Å²) in [5.74, 6) is 5.85. The van der Waals surface area contributed by atoms with Gasteiger partial charge in [-0.05, 0) is 5.92 Å². The third-order valence-electron chi connectivity index (χ3n) is 0.905. The quantitative estimate of drug-likeness (QED) is 0.460. The van der Waals surface area contributed by atoms with E-state index in [-0.39, 0.29) is 11.6 Å². The largest absolute Gasteiger partial charge is 0.505 e. The summed E-state index contributed by atoms with van der Waals surface area (Å²) >= 11 is 5.30. The molecule has 0 saturated heterocycles. The van der Waals surface area contributed by atoms with Crippen molar-refractivity contribution >= 4 is 11.6 Å². The summed E-state index contributed by atoms with van der Waals surface area (Å²) in [5.41, 5.74) is 0.